The van der Waals surface area contributed by atoms with Crippen molar-refractivity contribution in [2.45, 2.75) is 50.9 Å². The highest BCUT2D eigenvalue weighted by Gasteiger charge is 2.45. The fourth-order valence-electron chi connectivity index (χ4n) is 4.40. The first kappa shape index (κ1) is 32.9. The Morgan fingerprint density at radius 1 is 0.810 bits per heavy atom. The Balaban J connectivity index is 1.95. The number of nitrogens with one attached hydrogen (secondary N) is 2. The van der Waals surface area contributed by atoms with Gasteiger partial charge < -0.3 is 15.4 Å². The van der Waals surface area contributed by atoms with Crippen LogP contribution in [0.5, 0.6) is 5.75 Å². The fraction of sp³-hybridized carbons (Fsp3) is 0.323. The van der Waals surface area contributed by atoms with Crippen molar-refractivity contribution in [1.29, 1.82) is 0 Å². The summed E-state index contributed by atoms with van der Waals surface area (Å²) in [6, 6.07) is 17.2. The zero-order valence-electron chi connectivity index (χ0n) is 23.2. The van der Waals surface area contributed by atoms with E-state index in [-0.39, 0.29) is 12.8 Å². The van der Waals surface area contributed by atoms with Crippen molar-refractivity contribution in [3.05, 3.63) is 99.5 Å². The number of ketones is 1. The van der Waals surface area contributed by atoms with Gasteiger partial charge in [0.05, 0.1) is 19.1 Å². The summed E-state index contributed by atoms with van der Waals surface area (Å²) in [6.07, 6.45) is -4.99. The number of Topliss-reactive ketones (excluding diaryl/α,β-unsaturated/α-hetero) is 1. The summed E-state index contributed by atoms with van der Waals surface area (Å²) in [4.78, 5) is 39.4. The molecule has 2 N–H and O–H groups in total. The number of alkyl halides is 3. The van der Waals surface area contributed by atoms with Crippen molar-refractivity contribution in [3.63, 3.8) is 0 Å². The number of methoxy groups -OCH3 is 1. The van der Waals surface area contributed by atoms with Gasteiger partial charge in [0.25, 0.3) is 5.78 Å². The molecule has 0 fully saturated rings. The molecule has 0 saturated heterocycles. The normalized spacial score (nSPS) is 13.6. The van der Waals surface area contributed by atoms with Crippen LogP contribution in [0.4, 0.5) is 13.2 Å². The van der Waals surface area contributed by atoms with Crippen LogP contribution < -0.4 is 15.4 Å². The fourth-order valence-corrected chi connectivity index (χ4v) is 4.74. The number of rotatable bonds is 12. The zero-order chi connectivity index (χ0) is 31.0. The van der Waals surface area contributed by atoms with E-state index < -0.39 is 47.7 Å². The number of carbonyl (C=O) groups excluding carboxylic acids is 3. The van der Waals surface area contributed by atoms with E-state index in [4.69, 9.17) is 27.9 Å². The molecule has 0 aliphatic rings. The number of hydrogen-bond donors (Lipinski definition) is 2. The molecule has 42 heavy (non-hydrogen) atoms. The molecule has 3 aromatic carbocycles. The van der Waals surface area contributed by atoms with E-state index in [0.717, 1.165) is 5.56 Å². The van der Waals surface area contributed by atoms with Gasteiger partial charge in [-0.15, -0.1) is 0 Å². The van der Waals surface area contributed by atoms with Gasteiger partial charge in [0.1, 0.15) is 11.8 Å². The third kappa shape index (κ3) is 9.22. The Kier molecular flexibility index (Phi) is 11.4. The Bertz CT molecular complexity index is 1380. The number of hydrogen-bond acceptors (Lipinski definition) is 4. The molecule has 6 nitrogen and oxygen atoms in total. The number of benzene rings is 3. The zero-order valence-corrected chi connectivity index (χ0v) is 24.7. The van der Waals surface area contributed by atoms with Crippen LogP contribution in [-0.4, -0.2) is 43.0 Å². The molecule has 0 spiro atoms. The first-order valence-electron chi connectivity index (χ1n) is 13.1. The monoisotopic (exact) mass is 622 g/mol. The molecular formula is C31H31Cl2F3N2O4. The summed E-state index contributed by atoms with van der Waals surface area (Å²) >= 11 is 12.1. The molecule has 0 aliphatic carbocycles. The Hall–Kier alpha value is -3.56. The van der Waals surface area contributed by atoms with Crippen LogP contribution in [0.3, 0.4) is 0 Å². The van der Waals surface area contributed by atoms with Gasteiger partial charge in [0.2, 0.25) is 11.8 Å². The molecule has 0 aromatic heterocycles. The summed E-state index contributed by atoms with van der Waals surface area (Å²) in [6.45, 7) is 2.79. The topological polar surface area (TPSA) is 84.5 Å². The Morgan fingerprint density at radius 3 is 2.00 bits per heavy atom. The van der Waals surface area contributed by atoms with E-state index in [1.165, 1.54) is 21.0 Å². The van der Waals surface area contributed by atoms with Crippen LogP contribution >= 0.6 is 23.2 Å². The predicted molar refractivity (Wildman–Crippen MR) is 156 cm³/mol. The van der Waals surface area contributed by atoms with Crippen molar-refractivity contribution >= 4 is 40.8 Å². The van der Waals surface area contributed by atoms with Gasteiger partial charge in [0.15, 0.2) is 0 Å². The first-order chi connectivity index (χ1) is 19.8. The second-order valence-electron chi connectivity index (χ2n) is 10.1. The van der Waals surface area contributed by atoms with E-state index in [2.05, 4.69) is 10.6 Å². The quantitative estimate of drug-likeness (QED) is 0.247. The minimum Gasteiger partial charge on any atom is -0.497 e. The average molecular weight is 623 g/mol. The van der Waals surface area contributed by atoms with E-state index in [1.807, 2.05) is 0 Å². The predicted octanol–water partition coefficient (Wildman–Crippen LogP) is 6.33. The van der Waals surface area contributed by atoms with Crippen molar-refractivity contribution in [2.24, 2.45) is 5.92 Å². The van der Waals surface area contributed by atoms with Crippen molar-refractivity contribution < 1.29 is 32.3 Å². The standard InChI is InChI=1S/C31H31Cl2F3N2O4/c1-18(2)27(28(39)31(34,35)36)38-30(41)26(17-20-5-4-6-23(33)15-20)37-29(40)25(16-19-7-11-22(32)12-8-19)21-9-13-24(42-3)14-10-21/h4-15,18,25-27H,16-17H2,1-3H3,(H,37,40)(H,38,41)/t25?,26-,27-/m0/s1. The molecule has 11 heteroatoms. The first-order valence-corrected chi connectivity index (χ1v) is 13.9. The lowest BCUT2D eigenvalue weighted by Gasteiger charge is -2.27. The van der Waals surface area contributed by atoms with Gasteiger partial charge in [-0.3, -0.25) is 14.4 Å². The number of ether oxygens (including phenoxy) is 1. The van der Waals surface area contributed by atoms with Crippen LogP contribution in [0, 0.1) is 5.92 Å². The minimum atomic E-state index is -5.15. The van der Waals surface area contributed by atoms with Crippen LogP contribution in [0.15, 0.2) is 72.8 Å². The second-order valence-corrected chi connectivity index (χ2v) is 11.0. The van der Waals surface area contributed by atoms with E-state index in [9.17, 15) is 27.6 Å². The molecule has 0 bridgehead atoms. The third-order valence-corrected chi connectivity index (χ3v) is 7.16. The molecule has 3 atom stereocenters. The molecule has 0 saturated carbocycles. The van der Waals surface area contributed by atoms with Crippen molar-refractivity contribution in [1.82, 2.24) is 10.6 Å². The largest absolute Gasteiger partial charge is 0.497 e. The van der Waals surface area contributed by atoms with Crippen LogP contribution in [0.2, 0.25) is 10.0 Å². The van der Waals surface area contributed by atoms with Crippen LogP contribution in [0.25, 0.3) is 0 Å². The molecule has 0 aliphatic heterocycles. The highest BCUT2D eigenvalue weighted by Crippen LogP contribution is 2.26. The van der Waals surface area contributed by atoms with Crippen LogP contribution in [-0.2, 0) is 27.2 Å². The Morgan fingerprint density at radius 2 is 1.45 bits per heavy atom. The summed E-state index contributed by atoms with van der Waals surface area (Å²) < 4.78 is 45.1. The van der Waals surface area contributed by atoms with Crippen molar-refractivity contribution in [2.75, 3.05) is 7.11 Å². The van der Waals surface area contributed by atoms with Crippen molar-refractivity contribution in [3.8, 4) is 5.75 Å². The smallest absolute Gasteiger partial charge is 0.452 e. The summed E-state index contributed by atoms with van der Waals surface area (Å²) in [7, 11) is 1.51. The van der Waals surface area contributed by atoms with E-state index in [0.29, 0.717) is 26.9 Å². The van der Waals surface area contributed by atoms with E-state index >= 15 is 0 Å². The summed E-state index contributed by atoms with van der Waals surface area (Å²) in [5.74, 6) is -4.61. The number of halogens is 5. The summed E-state index contributed by atoms with van der Waals surface area (Å²) in [5, 5.41) is 5.85. The molecule has 0 heterocycles. The summed E-state index contributed by atoms with van der Waals surface area (Å²) in [5.41, 5.74) is 1.98. The second kappa shape index (κ2) is 14.6. The third-order valence-electron chi connectivity index (χ3n) is 6.68. The van der Waals surface area contributed by atoms with Gasteiger partial charge in [-0.25, -0.2) is 0 Å². The molecule has 0 radical (unpaired) electrons. The molecule has 3 aromatic rings. The molecular weight excluding hydrogens is 592 g/mol. The Labute approximate surface area is 252 Å². The lowest BCUT2D eigenvalue weighted by molar-refractivity contribution is -0.175. The minimum absolute atomic E-state index is 0.0839. The SMILES string of the molecule is COc1ccc(C(Cc2ccc(Cl)cc2)C(=O)N[C@@H](Cc2cccc(Cl)c2)C(=O)N[C@H](C(=O)C(F)(F)F)C(C)C)cc1. The molecule has 3 rings (SSSR count). The lowest BCUT2D eigenvalue weighted by Crippen LogP contribution is -2.56. The highest BCUT2D eigenvalue weighted by atomic mass is 35.5. The maximum atomic E-state index is 13.8. The van der Waals surface area contributed by atoms with Gasteiger partial charge in [-0.1, -0.05) is 73.4 Å². The molecule has 2 amide bonds. The molecule has 224 valence electrons. The number of amides is 2. The lowest BCUT2D eigenvalue weighted by atomic mass is 9.90. The van der Waals surface area contributed by atoms with Crippen LogP contribution in [0.1, 0.15) is 36.5 Å². The van der Waals surface area contributed by atoms with Gasteiger partial charge >= 0.3 is 6.18 Å². The molecule has 1 unspecified atom stereocenters. The number of carbonyl (C=O) groups is 3. The van der Waals surface area contributed by atoms with Gasteiger partial charge in [-0.05, 0) is 65.4 Å². The maximum absolute atomic E-state index is 13.8. The van der Waals surface area contributed by atoms with E-state index in [1.54, 1.807) is 72.8 Å². The average Bonchev–Trinajstić information content (AvgIpc) is 2.94. The van der Waals surface area contributed by atoms with Gasteiger partial charge in [0, 0.05) is 16.5 Å². The highest BCUT2D eigenvalue weighted by molar-refractivity contribution is 6.30. The van der Waals surface area contributed by atoms with Gasteiger partial charge in [-0.2, -0.15) is 13.2 Å². The maximum Gasteiger partial charge on any atom is 0.452 e.